The first-order valence-corrected chi connectivity index (χ1v) is 11.6. The Kier molecular flexibility index (Phi) is 10.3. The molecule has 0 aliphatic carbocycles. The van der Waals surface area contributed by atoms with Crippen LogP contribution in [-0.2, 0) is 14.4 Å². The Labute approximate surface area is 215 Å². The molecule has 0 saturated carbocycles. The van der Waals surface area contributed by atoms with Crippen LogP contribution in [0.5, 0.6) is 34.5 Å². The van der Waals surface area contributed by atoms with Crippen LogP contribution in [0.3, 0.4) is 0 Å². The summed E-state index contributed by atoms with van der Waals surface area (Å²) in [7, 11) is 0. The number of esters is 3. The molecule has 0 fully saturated rings. The molecule has 1 atom stereocenters. The lowest BCUT2D eigenvalue weighted by Crippen LogP contribution is -2.18. The smallest absolute Gasteiger partial charge is 0.339 e. The Morgan fingerprint density at radius 2 is 1.62 bits per heavy atom. The van der Waals surface area contributed by atoms with Crippen molar-refractivity contribution in [3.63, 3.8) is 0 Å². The van der Waals surface area contributed by atoms with Gasteiger partial charge in [-0.3, -0.25) is 9.59 Å². The maximum Gasteiger partial charge on any atom is 0.339 e. The van der Waals surface area contributed by atoms with Gasteiger partial charge < -0.3 is 29.2 Å². The second-order valence-corrected chi connectivity index (χ2v) is 8.89. The predicted octanol–water partition coefficient (Wildman–Crippen LogP) is 5.10. The zero-order valence-corrected chi connectivity index (χ0v) is 21.6. The summed E-state index contributed by atoms with van der Waals surface area (Å²) in [5, 5.41) is 20.2. The lowest BCUT2D eigenvalue weighted by molar-refractivity contribution is -0.139. The Hall–Kier alpha value is -4.27. The topological polar surface area (TPSA) is 129 Å². The number of carbonyl (C=O) groups is 3. The first-order chi connectivity index (χ1) is 17.4. The molecule has 0 aromatic heterocycles. The number of benzene rings is 2. The van der Waals surface area contributed by atoms with Crippen LogP contribution in [0.15, 0.2) is 60.2 Å². The van der Waals surface area contributed by atoms with Crippen LogP contribution in [0.4, 0.5) is 0 Å². The molecule has 37 heavy (non-hydrogen) atoms. The quantitative estimate of drug-likeness (QED) is 0.183. The summed E-state index contributed by atoms with van der Waals surface area (Å²) in [5.74, 6) is -3.51. The number of para-hydroxylation sites is 1. The van der Waals surface area contributed by atoms with Gasteiger partial charge in [-0.15, -0.1) is 0 Å². The van der Waals surface area contributed by atoms with Gasteiger partial charge in [-0.05, 0) is 50.1 Å². The number of hydrogen-bond acceptors (Lipinski definition) is 9. The molecular formula is C28H32O9. The van der Waals surface area contributed by atoms with E-state index in [9.17, 15) is 24.6 Å². The van der Waals surface area contributed by atoms with Crippen molar-refractivity contribution < 1.29 is 43.5 Å². The highest BCUT2D eigenvalue weighted by atomic mass is 16.6. The normalized spacial score (nSPS) is 12.0. The van der Waals surface area contributed by atoms with Crippen LogP contribution in [0.2, 0.25) is 0 Å². The minimum absolute atomic E-state index is 0.0870. The third-order valence-corrected chi connectivity index (χ3v) is 4.96. The molecule has 9 nitrogen and oxygen atoms in total. The van der Waals surface area contributed by atoms with E-state index in [0.717, 1.165) is 5.57 Å². The van der Waals surface area contributed by atoms with Crippen molar-refractivity contribution >= 4 is 17.9 Å². The van der Waals surface area contributed by atoms with Crippen LogP contribution >= 0.6 is 0 Å². The number of phenols is 2. The van der Waals surface area contributed by atoms with E-state index in [1.54, 1.807) is 27.7 Å². The Bertz CT molecular complexity index is 1190. The summed E-state index contributed by atoms with van der Waals surface area (Å²) < 4.78 is 21.2. The van der Waals surface area contributed by atoms with E-state index < -0.39 is 29.7 Å². The third kappa shape index (κ3) is 8.71. The molecule has 0 heterocycles. The van der Waals surface area contributed by atoms with Crippen molar-refractivity contribution in [3.05, 3.63) is 60.2 Å². The largest absolute Gasteiger partial charge is 0.504 e. The second-order valence-electron chi connectivity index (χ2n) is 8.89. The van der Waals surface area contributed by atoms with Gasteiger partial charge in [0.05, 0.1) is 11.8 Å². The number of allylic oxidation sites excluding steroid dienone is 1. The number of hydrogen-bond donors (Lipinski definition) is 2. The monoisotopic (exact) mass is 512 g/mol. The van der Waals surface area contributed by atoms with E-state index in [2.05, 4.69) is 6.58 Å². The minimum atomic E-state index is -0.792. The number of rotatable bonds is 11. The van der Waals surface area contributed by atoms with Gasteiger partial charge in [0.1, 0.15) is 12.4 Å². The molecule has 0 aliphatic rings. The Morgan fingerprint density at radius 1 is 0.919 bits per heavy atom. The van der Waals surface area contributed by atoms with Gasteiger partial charge in [0.25, 0.3) is 0 Å². The molecule has 2 rings (SSSR count). The van der Waals surface area contributed by atoms with Crippen molar-refractivity contribution in [3.8, 4) is 34.5 Å². The number of aromatic hydroxyl groups is 2. The minimum Gasteiger partial charge on any atom is -0.504 e. The number of phenolic OH excluding ortho intramolecular Hbond substituents is 2. The molecule has 0 amide bonds. The van der Waals surface area contributed by atoms with Gasteiger partial charge in [0, 0.05) is 11.6 Å². The van der Waals surface area contributed by atoms with Gasteiger partial charge in [-0.25, -0.2) is 4.79 Å². The average molecular weight is 513 g/mol. The zero-order valence-electron chi connectivity index (χ0n) is 21.6. The van der Waals surface area contributed by atoms with E-state index in [1.807, 2.05) is 0 Å². The summed E-state index contributed by atoms with van der Waals surface area (Å²) in [6.45, 7) is 12.2. The highest BCUT2D eigenvalue weighted by molar-refractivity contribution is 5.90. The molecule has 0 bridgehead atoms. The van der Waals surface area contributed by atoms with Crippen LogP contribution < -0.4 is 18.9 Å². The molecule has 2 aromatic carbocycles. The lowest BCUT2D eigenvalue weighted by atomic mass is 10.1. The maximum atomic E-state index is 12.6. The van der Waals surface area contributed by atoms with E-state index in [1.165, 1.54) is 49.4 Å². The number of carbonyl (C=O) groups excluding carboxylic acids is 3. The van der Waals surface area contributed by atoms with Crippen molar-refractivity contribution in [1.29, 1.82) is 0 Å². The molecule has 198 valence electrons. The van der Waals surface area contributed by atoms with E-state index in [-0.39, 0.29) is 53.1 Å². The third-order valence-electron chi connectivity index (χ3n) is 4.96. The molecule has 0 radical (unpaired) electrons. The summed E-state index contributed by atoms with van der Waals surface area (Å²) in [4.78, 5) is 37.0. The SMILES string of the molecule is C=C(C)COc1ccc(OC(=O)C(C)C/C=C(\C)C(=O)Oc2c(O)cccc2OC(=O)C(C)C)cc1O. The lowest BCUT2D eigenvalue weighted by Gasteiger charge is -2.13. The van der Waals surface area contributed by atoms with Crippen LogP contribution in [-0.4, -0.2) is 34.7 Å². The summed E-state index contributed by atoms with van der Waals surface area (Å²) >= 11 is 0. The predicted molar refractivity (Wildman–Crippen MR) is 136 cm³/mol. The number of ether oxygens (including phenoxy) is 4. The summed E-state index contributed by atoms with van der Waals surface area (Å²) in [6.07, 6.45) is 1.65. The van der Waals surface area contributed by atoms with Gasteiger partial charge in [-0.2, -0.15) is 0 Å². The van der Waals surface area contributed by atoms with Crippen molar-refractivity contribution in [2.45, 2.75) is 41.0 Å². The standard InChI is InChI=1S/C28H32O9/c1-16(2)15-34-23-13-12-20(14-22(23)30)35-27(32)18(5)10-11-19(6)28(33)37-25-21(29)8-7-9-24(25)36-26(31)17(3)4/h7-9,11-14,17-18,29-30H,1,10,15H2,2-6H3/b19-11+. The summed E-state index contributed by atoms with van der Waals surface area (Å²) in [6, 6.07) is 8.39. The first kappa shape index (κ1) is 29.0. The molecular weight excluding hydrogens is 480 g/mol. The van der Waals surface area contributed by atoms with Gasteiger partial charge in [-0.1, -0.05) is 39.5 Å². The highest BCUT2D eigenvalue weighted by Crippen LogP contribution is 2.37. The first-order valence-electron chi connectivity index (χ1n) is 11.6. The van der Waals surface area contributed by atoms with Crippen LogP contribution in [0.1, 0.15) is 41.0 Å². The average Bonchev–Trinajstić information content (AvgIpc) is 2.83. The van der Waals surface area contributed by atoms with E-state index >= 15 is 0 Å². The molecule has 0 saturated heterocycles. The molecule has 9 heteroatoms. The zero-order chi connectivity index (χ0) is 27.7. The molecule has 2 aromatic rings. The van der Waals surface area contributed by atoms with Gasteiger partial charge in [0.15, 0.2) is 23.0 Å². The van der Waals surface area contributed by atoms with Crippen molar-refractivity contribution in [1.82, 2.24) is 0 Å². The van der Waals surface area contributed by atoms with E-state index in [4.69, 9.17) is 18.9 Å². The highest BCUT2D eigenvalue weighted by Gasteiger charge is 2.21. The van der Waals surface area contributed by atoms with Crippen molar-refractivity contribution in [2.24, 2.45) is 11.8 Å². The second kappa shape index (κ2) is 13.2. The molecule has 0 spiro atoms. The van der Waals surface area contributed by atoms with Crippen LogP contribution in [0, 0.1) is 11.8 Å². The fourth-order valence-electron chi connectivity index (χ4n) is 2.72. The fourth-order valence-corrected chi connectivity index (χ4v) is 2.72. The van der Waals surface area contributed by atoms with Gasteiger partial charge in [0.2, 0.25) is 5.75 Å². The van der Waals surface area contributed by atoms with Crippen LogP contribution in [0.25, 0.3) is 0 Å². The fraction of sp³-hybridized carbons (Fsp3) is 0.321. The van der Waals surface area contributed by atoms with Crippen molar-refractivity contribution in [2.75, 3.05) is 6.61 Å². The maximum absolute atomic E-state index is 12.6. The van der Waals surface area contributed by atoms with E-state index in [0.29, 0.717) is 0 Å². The van der Waals surface area contributed by atoms with Gasteiger partial charge >= 0.3 is 17.9 Å². The molecule has 1 unspecified atom stereocenters. The molecule has 2 N–H and O–H groups in total. The Balaban J connectivity index is 2.00. The Morgan fingerprint density at radius 3 is 2.24 bits per heavy atom. The summed E-state index contributed by atoms with van der Waals surface area (Å²) in [5.41, 5.74) is 0.951. The molecule has 0 aliphatic heterocycles.